The molecule has 0 spiro atoms. The average molecular weight is 815 g/mol. The number of aliphatic hydroxyl groups is 7. The summed E-state index contributed by atoms with van der Waals surface area (Å²) in [5.41, 5.74) is 0. The van der Waals surface area contributed by atoms with Crippen LogP contribution in [0.3, 0.4) is 0 Å². The molecule has 2 rings (SSSR count). The molecule has 7 N–H and O–H groups in total. The summed E-state index contributed by atoms with van der Waals surface area (Å²) in [4.78, 5) is 25.3. The molecule has 2 aliphatic heterocycles. The summed E-state index contributed by atoms with van der Waals surface area (Å²) in [5, 5.41) is 72.0. The van der Waals surface area contributed by atoms with Gasteiger partial charge in [-0.15, -0.1) is 0 Å². The van der Waals surface area contributed by atoms with E-state index in [9.17, 15) is 45.3 Å². The summed E-state index contributed by atoms with van der Waals surface area (Å²) in [6.07, 6.45) is 12.3. The fraction of sp³-hybridized carbons (Fsp3) is 0.762. The fourth-order valence-corrected chi connectivity index (χ4v) is 6.18. The molecule has 0 unspecified atom stereocenters. The van der Waals surface area contributed by atoms with Crippen molar-refractivity contribution in [3.63, 3.8) is 0 Å². The zero-order valence-electron chi connectivity index (χ0n) is 33.9. The Morgan fingerprint density at radius 2 is 1.16 bits per heavy atom. The summed E-state index contributed by atoms with van der Waals surface area (Å²) in [6.45, 7) is 2.34. The first-order valence-electron chi connectivity index (χ1n) is 20.8. The average Bonchev–Trinajstić information content (AvgIpc) is 3.20. The van der Waals surface area contributed by atoms with E-state index < -0.39 is 93.2 Å². The van der Waals surface area contributed by atoms with Gasteiger partial charge in [-0.1, -0.05) is 89.2 Å². The first kappa shape index (κ1) is 50.4. The van der Waals surface area contributed by atoms with Gasteiger partial charge in [-0.25, -0.2) is 4.79 Å². The molecule has 0 aliphatic carbocycles. The second-order valence-corrected chi connectivity index (χ2v) is 14.5. The van der Waals surface area contributed by atoms with Gasteiger partial charge in [0.1, 0.15) is 55.1 Å². The van der Waals surface area contributed by atoms with Crippen LogP contribution in [0.5, 0.6) is 0 Å². The molecule has 2 saturated heterocycles. The van der Waals surface area contributed by atoms with Crippen LogP contribution < -0.4 is 0 Å². The van der Waals surface area contributed by atoms with Crippen LogP contribution in [0, 0.1) is 0 Å². The molecule has 2 heterocycles. The normalized spacial score (nSPS) is 28.4. The van der Waals surface area contributed by atoms with Gasteiger partial charge < -0.3 is 64.2 Å². The molecule has 15 heteroatoms. The number of esters is 2. The van der Waals surface area contributed by atoms with Crippen LogP contribution in [-0.4, -0.2) is 129 Å². The lowest BCUT2D eigenvalue weighted by atomic mass is 9.97. The molecule has 0 aromatic heterocycles. The highest BCUT2D eigenvalue weighted by Gasteiger charge is 2.51. The summed E-state index contributed by atoms with van der Waals surface area (Å²) in [5.74, 6) is -1.54. The Morgan fingerprint density at radius 3 is 1.81 bits per heavy atom. The van der Waals surface area contributed by atoms with E-state index in [4.69, 9.17) is 28.4 Å². The van der Waals surface area contributed by atoms with Crippen LogP contribution in [0.1, 0.15) is 123 Å². The van der Waals surface area contributed by atoms with E-state index in [1.807, 2.05) is 0 Å². The lowest BCUT2D eigenvalue weighted by Gasteiger charge is -2.45. The Bertz CT molecular complexity index is 1200. The molecule has 0 amide bonds. The molecule has 0 bridgehead atoms. The Kier molecular flexibility index (Phi) is 26.9. The van der Waals surface area contributed by atoms with Gasteiger partial charge in [-0.2, -0.15) is 0 Å². The van der Waals surface area contributed by atoms with E-state index in [0.717, 1.165) is 64.0 Å². The number of unbranched alkanes of at least 4 members (excludes halogenated alkanes) is 12. The third-order valence-electron chi connectivity index (χ3n) is 9.68. The van der Waals surface area contributed by atoms with Crippen LogP contribution >= 0.6 is 0 Å². The molecule has 328 valence electrons. The minimum absolute atomic E-state index is 0.146. The van der Waals surface area contributed by atoms with Gasteiger partial charge in [0.15, 0.2) is 18.7 Å². The number of aliphatic hydroxyl groups excluding tert-OH is 7. The maximum atomic E-state index is 12.7. The number of carbonyl (C=O) groups is 2. The third kappa shape index (κ3) is 19.7. The summed E-state index contributed by atoms with van der Waals surface area (Å²) >= 11 is 0. The molecule has 0 saturated carbocycles. The van der Waals surface area contributed by atoms with Gasteiger partial charge in [0, 0.05) is 12.5 Å². The monoisotopic (exact) mass is 814 g/mol. The zero-order valence-corrected chi connectivity index (χ0v) is 33.9. The van der Waals surface area contributed by atoms with E-state index >= 15 is 0 Å². The standard InChI is InChI=1S/C42H70O15/c1-3-5-7-9-11-13-14-15-17-18-20-22-24-33(45)52-28-30(54-34(46)25-23-21-19-16-12-10-8-6-4-2)29-53-41-39(51)40(36(48)32(27-44)55-41)57-42-38(50)37(49)35(47)31(26-43)56-42/h10,12,14-15,23,25,29,31-32,35-44,47-51H,3-9,11,13,16-22,24,26-28H2,1-2H3/b12-10+,15-14+,25-23-,30-29+/t31-,32-,35-,36+,37+,38-,39-,40+,41-,42+/m1/s1. The molecule has 0 aromatic carbocycles. The van der Waals surface area contributed by atoms with Crippen LogP contribution in [0.25, 0.3) is 0 Å². The van der Waals surface area contributed by atoms with Crippen LogP contribution in [0.15, 0.2) is 48.5 Å². The van der Waals surface area contributed by atoms with Gasteiger partial charge in [-0.05, 0) is 57.8 Å². The van der Waals surface area contributed by atoms with E-state index in [-0.39, 0.29) is 12.2 Å². The minimum Gasteiger partial charge on any atom is -0.466 e. The molecular formula is C42H70O15. The minimum atomic E-state index is -1.85. The van der Waals surface area contributed by atoms with Crippen LogP contribution in [-0.2, 0) is 38.0 Å². The highest BCUT2D eigenvalue weighted by Crippen LogP contribution is 2.30. The molecule has 0 aromatic rings. The van der Waals surface area contributed by atoms with E-state index in [1.165, 1.54) is 38.2 Å². The van der Waals surface area contributed by atoms with Gasteiger partial charge >= 0.3 is 11.9 Å². The quantitative estimate of drug-likeness (QED) is 0.0187. The highest BCUT2D eigenvalue weighted by molar-refractivity contribution is 5.82. The zero-order chi connectivity index (χ0) is 41.8. The predicted molar refractivity (Wildman–Crippen MR) is 210 cm³/mol. The van der Waals surface area contributed by atoms with Crippen LogP contribution in [0.4, 0.5) is 0 Å². The van der Waals surface area contributed by atoms with Crippen molar-refractivity contribution in [1.82, 2.24) is 0 Å². The number of rotatable bonds is 29. The maximum absolute atomic E-state index is 12.7. The second kappa shape index (κ2) is 30.4. The molecule has 2 aliphatic rings. The van der Waals surface area contributed by atoms with Crippen molar-refractivity contribution in [2.75, 3.05) is 19.8 Å². The van der Waals surface area contributed by atoms with Crippen molar-refractivity contribution in [3.05, 3.63) is 48.5 Å². The number of allylic oxidation sites excluding steroid dienone is 5. The van der Waals surface area contributed by atoms with Crippen molar-refractivity contribution in [2.45, 2.75) is 184 Å². The smallest absolute Gasteiger partial charge is 0.335 e. The molecule has 15 nitrogen and oxygen atoms in total. The molecule has 10 atom stereocenters. The van der Waals surface area contributed by atoms with E-state index in [0.29, 0.717) is 12.8 Å². The van der Waals surface area contributed by atoms with E-state index in [1.54, 1.807) is 6.08 Å². The Morgan fingerprint density at radius 1 is 0.596 bits per heavy atom. The second-order valence-electron chi connectivity index (χ2n) is 14.5. The van der Waals surface area contributed by atoms with Gasteiger partial charge in [0.25, 0.3) is 0 Å². The van der Waals surface area contributed by atoms with Gasteiger partial charge in [-0.3, -0.25) is 4.79 Å². The number of ether oxygens (including phenoxy) is 6. The van der Waals surface area contributed by atoms with Crippen LogP contribution in [0.2, 0.25) is 0 Å². The summed E-state index contributed by atoms with van der Waals surface area (Å²) < 4.78 is 32.9. The number of carbonyl (C=O) groups excluding carboxylic acids is 2. The Labute approximate surface area is 337 Å². The van der Waals surface area contributed by atoms with E-state index in [2.05, 4.69) is 38.2 Å². The molecule has 0 radical (unpaired) electrons. The maximum Gasteiger partial charge on any atom is 0.335 e. The highest BCUT2D eigenvalue weighted by atomic mass is 16.7. The predicted octanol–water partition coefficient (Wildman–Crippen LogP) is 3.90. The lowest BCUT2D eigenvalue weighted by Crippen LogP contribution is -2.64. The van der Waals surface area contributed by atoms with Gasteiger partial charge in [0.05, 0.1) is 13.2 Å². The van der Waals surface area contributed by atoms with Crippen molar-refractivity contribution < 1.29 is 73.8 Å². The van der Waals surface area contributed by atoms with Gasteiger partial charge in [0.2, 0.25) is 6.29 Å². The van der Waals surface area contributed by atoms with Crippen molar-refractivity contribution >= 4 is 11.9 Å². The Balaban J connectivity index is 2.02. The number of hydrogen-bond acceptors (Lipinski definition) is 15. The summed E-state index contributed by atoms with van der Waals surface area (Å²) in [6, 6.07) is 0. The summed E-state index contributed by atoms with van der Waals surface area (Å²) in [7, 11) is 0. The first-order chi connectivity index (χ1) is 27.6. The first-order valence-corrected chi connectivity index (χ1v) is 20.8. The lowest BCUT2D eigenvalue weighted by molar-refractivity contribution is -0.356. The molecular weight excluding hydrogens is 744 g/mol. The SMILES string of the molecule is CCCC/C=C/CCC/C=C\C(=O)O/C(=C/O[C@@H]1O[C@H](CO)[C@H](O)[C@H](O[C@@H]2O[C@H](CO)[C@@H](O)[C@H](O)[C@H]2O)[C@H]1O)COC(=O)CCCCC/C=C/CCCCCCC. The Hall–Kier alpha value is -2.70. The number of hydrogen-bond donors (Lipinski definition) is 7. The third-order valence-corrected chi connectivity index (χ3v) is 9.68. The topological polar surface area (TPSA) is 231 Å². The fourth-order valence-electron chi connectivity index (χ4n) is 6.18. The largest absolute Gasteiger partial charge is 0.466 e. The molecule has 2 fully saturated rings. The van der Waals surface area contributed by atoms with Crippen molar-refractivity contribution in [2.24, 2.45) is 0 Å². The van der Waals surface area contributed by atoms with Crippen molar-refractivity contribution in [1.29, 1.82) is 0 Å². The van der Waals surface area contributed by atoms with Crippen molar-refractivity contribution in [3.8, 4) is 0 Å². The molecule has 57 heavy (non-hydrogen) atoms.